The first-order valence-corrected chi connectivity index (χ1v) is 5.58. The van der Waals surface area contributed by atoms with Crippen molar-refractivity contribution in [1.82, 2.24) is 10.3 Å². The molecule has 1 N–H and O–H groups in total. The first kappa shape index (κ1) is 8.69. The van der Waals surface area contributed by atoms with E-state index in [0.29, 0.717) is 17.1 Å². The number of halogens is 1. The molecule has 2 unspecified atom stereocenters. The lowest BCUT2D eigenvalue weighted by Crippen LogP contribution is -2.21. The van der Waals surface area contributed by atoms with Crippen LogP contribution in [0.2, 0.25) is 5.15 Å². The predicted molar refractivity (Wildman–Crippen MR) is 56.6 cm³/mol. The van der Waals surface area contributed by atoms with Crippen LogP contribution in [0.15, 0.2) is 18.3 Å². The summed E-state index contributed by atoms with van der Waals surface area (Å²) in [5.41, 5.74) is 1.34. The summed E-state index contributed by atoms with van der Waals surface area (Å²) in [6, 6.07) is 5.44. The van der Waals surface area contributed by atoms with Gasteiger partial charge in [0.1, 0.15) is 5.15 Å². The van der Waals surface area contributed by atoms with Crippen molar-refractivity contribution in [3.8, 4) is 0 Å². The summed E-state index contributed by atoms with van der Waals surface area (Å²) in [4.78, 5) is 4.14. The Kier molecular flexibility index (Phi) is 1.99. The monoisotopic (exact) mass is 208 g/mol. The molecule has 2 saturated heterocycles. The van der Waals surface area contributed by atoms with Gasteiger partial charge in [0.05, 0.1) is 0 Å². The molecular formula is C11H13ClN2. The van der Waals surface area contributed by atoms with Gasteiger partial charge in [0.25, 0.3) is 0 Å². The quantitative estimate of drug-likeness (QED) is 0.717. The highest BCUT2D eigenvalue weighted by molar-refractivity contribution is 6.29. The van der Waals surface area contributed by atoms with E-state index in [-0.39, 0.29) is 0 Å². The van der Waals surface area contributed by atoms with Crippen LogP contribution in [-0.4, -0.2) is 17.1 Å². The maximum atomic E-state index is 5.77. The zero-order valence-electron chi connectivity index (χ0n) is 7.91. The van der Waals surface area contributed by atoms with Crippen molar-refractivity contribution in [2.75, 3.05) is 0 Å². The molecule has 0 aliphatic carbocycles. The van der Waals surface area contributed by atoms with Crippen LogP contribution in [0.25, 0.3) is 0 Å². The Balaban J connectivity index is 1.86. The van der Waals surface area contributed by atoms with Crippen molar-refractivity contribution in [3.63, 3.8) is 0 Å². The zero-order chi connectivity index (χ0) is 9.54. The fraction of sp³-hybridized carbons (Fsp3) is 0.545. The van der Waals surface area contributed by atoms with Gasteiger partial charge in [-0.05, 0) is 30.9 Å². The molecule has 1 aromatic heterocycles. The van der Waals surface area contributed by atoms with E-state index in [1.54, 1.807) is 0 Å². The molecule has 2 aliphatic rings. The van der Waals surface area contributed by atoms with Crippen LogP contribution >= 0.6 is 11.6 Å². The van der Waals surface area contributed by atoms with E-state index in [4.69, 9.17) is 11.6 Å². The maximum Gasteiger partial charge on any atom is 0.129 e. The second kappa shape index (κ2) is 3.21. The second-order valence-electron chi connectivity index (χ2n) is 4.30. The molecule has 2 bridgehead atoms. The number of nitrogens with zero attached hydrogens (tertiary/aromatic N) is 1. The molecule has 2 aliphatic heterocycles. The van der Waals surface area contributed by atoms with Gasteiger partial charge < -0.3 is 5.32 Å². The van der Waals surface area contributed by atoms with Gasteiger partial charge in [-0.3, -0.25) is 0 Å². The fourth-order valence-corrected chi connectivity index (χ4v) is 2.91. The Morgan fingerprint density at radius 3 is 2.86 bits per heavy atom. The summed E-state index contributed by atoms with van der Waals surface area (Å²) in [6.45, 7) is 0. The molecule has 0 spiro atoms. The highest BCUT2D eigenvalue weighted by Crippen LogP contribution is 2.39. The van der Waals surface area contributed by atoms with E-state index in [2.05, 4.69) is 16.4 Å². The van der Waals surface area contributed by atoms with Crippen LogP contribution in [0, 0.1) is 0 Å². The van der Waals surface area contributed by atoms with Gasteiger partial charge in [0.15, 0.2) is 0 Å². The molecule has 3 heteroatoms. The SMILES string of the molecule is Clc1ccc(C2C[C@H]3CCC2N3)cn1. The van der Waals surface area contributed by atoms with Crippen molar-refractivity contribution < 1.29 is 0 Å². The van der Waals surface area contributed by atoms with Crippen molar-refractivity contribution in [2.24, 2.45) is 0 Å². The molecule has 0 aromatic carbocycles. The molecule has 0 radical (unpaired) electrons. The maximum absolute atomic E-state index is 5.77. The lowest BCUT2D eigenvalue weighted by molar-refractivity contribution is 0.505. The van der Waals surface area contributed by atoms with Crippen molar-refractivity contribution in [1.29, 1.82) is 0 Å². The zero-order valence-corrected chi connectivity index (χ0v) is 8.67. The average molecular weight is 209 g/mol. The van der Waals surface area contributed by atoms with Crippen LogP contribution < -0.4 is 5.32 Å². The molecule has 1 aromatic rings. The molecule has 3 heterocycles. The minimum atomic E-state index is 0.588. The molecule has 0 amide bonds. The van der Waals surface area contributed by atoms with Gasteiger partial charge in [-0.1, -0.05) is 17.7 Å². The highest BCUT2D eigenvalue weighted by atomic mass is 35.5. The third-order valence-corrected chi connectivity index (χ3v) is 3.70. The summed E-state index contributed by atoms with van der Waals surface area (Å²) >= 11 is 5.77. The first-order valence-electron chi connectivity index (χ1n) is 5.20. The number of hydrogen-bond donors (Lipinski definition) is 1. The Morgan fingerprint density at radius 2 is 2.29 bits per heavy atom. The minimum Gasteiger partial charge on any atom is -0.311 e. The lowest BCUT2D eigenvalue weighted by atomic mass is 9.85. The van der Waals surface area contributed by atoms with Crippen LogP contribution in [0.5, 0.6) is 0 Å². The Bertz CT molecular complexity index is 336. The Labute approximate surface area is 88.7 Å². The average Bonchev–Trinajstić information content (AvgIpc) is 2.80. The van der Waals surface area contributed by atoms with E-state index in [9.17, 15) is 0 Å². The largest absolute Gasteiger partial charge is 0.311 e. The fourth-order valence-electron chi connectivity index (χ4n) is 2.80. The third-order valence-electron chi connectivity index (χ3n) is 3.48. The van der Waals surface area contributed by atoms with Crippen LogP contribution in [0.4, 0.5) is 0 Å². The van der Waals surface area contributed by atoms with Gasteiger partial charge >= 0.3 is 0 Å². The number of aromatic nitrogens is 1. The third kappa shape index (κ3) is 1.33. The number of pyridine rings is 1. The molecule has 2 nitrogen and oxygen atoms in total. The minimum absolute atomic E-state index is 0.588. The van der Waals surface area contributed by atoms with Crippen molar-refractivity contribution in [3.05, 3.63) is 29.0 Å². The molecule has 0 saturated carbocycles. The second-order valence-corrected chi connectivity index (χ2v) is 4.69. The van der Waals surface area contributed by atoms with Gasteiger partial charge in [-0.15, -0.1) is 0 Å². The van der Waals surface area contributed by atoms with E-state index in [1.165, 1.54) is 24.8 Å². The molecule has 74 valence electrons. The Hall–Kier alpha value is -0.600. The molecule has 3 rings (SSSR count). The van der Waals surface area contributed by atoms with Gasteiger partial charge in [0.2, 0.25) is 0 Å². The summed E-state index contributed by atoms with van der Waals surface area (Å²) in [7, 11) is 0. The van der Waals surface area contributed by atoms with Crippen LogP contribution in [0.1, 0.15) is 30.7 Å². The van der Waals surface area contributed by atoms with Crippen molar-refractivity contribution in [2.45, 2.75) is 37.3 Å². The van der Waals surface area contributed by atoms with E-state index >= 15 is 0 Å². The van der Waals surface area contributed by atoms with Gasteiger partial charge in [-0.25, -0.2) is 4.98 Å². The first-order chi connectivity index (χ1) is 6.83. The number of rotatable bonds is 1. The van der Waals surface area contributed by atoms with Gasteiger partial charge in [-0.2, -0.15) is 0 Å². The van der Waals surface area contributed by atoms with Crippen LogP contribution in [0.3, 0.4) is 0 Å². The number of nitrogens with one attached hydrogen (secondary N) is 1. The van der Waals surface area contributed by atoms with Crippen LogP contribution in [-0.2, 0) is 0 Å². The molecular weight excluding hydrogens is 196 g/mol. The summed E-state index contributed by atoms with van der Waals surface area (Å²) in [5.74, 6) is 0.665. The standard InChI is InChI=1S/C11H13ClN2/c12-11-4-1-7(6-13-11)9-5-8-2-3-10(9)14-8/h1,4,6,8-10,14H,2-3,5H2/t8-,9?,10?/m1/s1. The normalized spacial score (nSPS) is 35.1. The number of hydrogen-bond acceptors (Lipinski definition) is 2. The molecule has 3 atom stereocenters. The van der Waals surface area contributed by atoms with E-state index < -0.39 is 0 Å². The van der Waals surface area contributed by atoms with Gasteiger partial charge in [0, 0.05) is 24.2 Å². The van der Waals surface area contributed by atoms with Crippen molar-refractivity contribution >= 4 is 11.6 Å². The molecule has 14 heavy (non-hydrogen) atoms. The number of fused-ring (bicyclic) bond motifs is 2. The highest BCUT2D eigenvalue weighted by Gasteiger charge is 2.39. The smallest absolute Gasteiger partial charge is 0.129 e. The Morgan fingerprint density at radius 1 is 1.36 bits per heavy atom. The summed E-state index contributed by atoms with van der Waals surface area (Å²) in [5, 5.41) is 4.22. The predicted octanol–water partition coefficient (Wildman–Crippen LogP) is 2.34. The topological polar surface area (TPSA) is 24.9 Å². The van der Waals surface area contributed by atoms with E-state index in [1.807, 2.05) is 12.3 Å². The lowest BCUT2D eigenvalue weighted by Gasteiger charge is -2.19. The van der Waals surface area contributed by atoms with E-state index in [0.717, 1.165) is 6.04 Å². The molecule has 2 fully saturated rings. The summed E-state index contributed by atoms with van der Waals surface area (Å²) in [6.07, 6.45) is 5.86. The summed E-state index contributed by atoms with van der Waals surface area (Å²) < 4.78 is 0.